The van der Waals surface area contributed by atoms with E-state index in [2.05, 4.69) is 15.9 Å². The van der Waals surface area contributed by atoms with Crippen LogP contribution in [-0.2, 0) is 14.6 Å². The predicted octanol–water partition coefficient (Wildman–Crippen LogP) is 5.22. The second kappa shape index (κ2) is 9.11. The maximum absolute atomic E-state index is 12.7. The summed E-state index contributed by atoms with van der Waals surface area (Å²) in [5.74, 6) is 0.274. The number of nitrogens with zero attached hydrogens (tertiary/aromatic N) is 1. The van der Waals surface area contributed by atoms with Crippen LogP contribution >= 0.6 is 15.9 Å². The largest absolute Gasteiger partial charge is 0.462 e. The molecule has 0 fully saturated rings. The second-order valence-corrected chi connectivity index (χ2v) is 8.91. The molecule has 0 N–H and O–H groups in total. The van der Waals surface area contributed by atoms with Crippen LogP contribution in [0.15, 0.2) is 79.4 Å². The zero-order valence-corrected chi connectivity index (χ0v) is 18.2. The van der Waals surface area contributed by atoms with Crippen LogP contribution in [0, 0.1) is 11.3 Å². The number of nitriles is 1. The van der Waals surface area contributed by atoms with E-state index in [1.54, 1.807) is 61.5 Å². The molecule has 8 heteroatoms. The fourth-order valence-corrected chi connectivity index (χ4v) is 4.01. The van der Waals surface area contributed by atoms with E-state index in [1.165, 1.54) is 18.2 Å². The molecule has 3 aromatic rings. The van der Waals surface area contributed by atoms with Gasteiger partial charge < -0.3 is 9.15 Å². The van der Waals surface area contributed by atoms with Crippen molar-refractivity contribution in [2.75, 3.05) is 6.61 Å². The number of rotatable bonds is 6. The number of benzene rings is 2. The minimum absolute atomic E-state index is 0.0137. The zero-order valence-electron chi connectivity index (χ0n) is 15.8. The smallest absolute Gasteiger partial charge is 0.338 e. The normalized spacial score (nSPS) is 11.7. The summed E-state index contributed by atoms with van der Waals surface area (Å²) in [6.07, 6.45) is 1.19. The standard InChI is InChI=1S/C22H16BrNO5S/c1-2-28-22(25)16-5-3-15(4-6-16)21-12-9-18(29-21)13-20(14-24)30(26,27)19-10-7-17(23)8-11-19/h3-13H,2H2,1H3. The molecule has 0 spiro atoms. The molecule has 0 saturated heterocycles. The van der Waals surface area contributed by atoms with Crippen LogP contribution in [-0.4, -0.2) is 21.0 Å². The van der Waals surface area contributed by atoms with E-state index in [0.29, 0.717) is 23.5 Å². The van der Waals surface area contributed by atoms with E-state index in [4.69, 9.17) is 9.15 Å². The Morgan fingerprint density at radius 3 is 2.37 bits per heavy atom. The van der Waals surface area contributed by atoms with Gasteiger partial charge in [-0.15, -0.1) is 0 Å². The van der Waals surface area contributed by atoms with Crippen molar-refractivity contribution in [3.05, 3.63) is 81.4 Å². The summed E-state index contributed by atoms with van der Waals surface area (Å²) in [4.78, 5) is 11.3. The van der Waals surface area contributed by atoms with Gasteiger partial charge in [0.15, 0.2) is 4.91 Å². The van der Waals surface area contributed by atoms with Gasteiger partial charge >= 0.3 is 5.97 Å². The van der Waals surface area contributed by atoms with Crippen molar-refractivity contribution >= 4 is 37.8 Å². The van der Waals surface area contributed by atoms with Crippen molar-refractivity contribution in [2.45, 2.75) is 11.8 Å². The Labute approximate surface area is 182 Å². The van der Waals surface area contributed by atoms with Crippen molar-refractivity contribution in [1.29, 1.82) is 5.26 Å². The highest BCUT2D eigenvalue weighted by molar-refractivity contribution is 9.10. The number of sulfone groups is 1. The Balaban J connectivity index is 1.87. The number of hydrogen-bond acceptors (Lipinski definition) is 6. The van der Waals surface area contributed by atoms with E-state index in [-0.39, 0.29) is 10.7 Å². The van der Waals surface area contributed by atoms with E-state index in [9.17, 15) is 18.5 Å². The molecule has 6 nitrogen and oxygen atoms in total. The van der Waals surface area contributed by atoms with Crippen molar-refractivity contribution in [2.24, 2.45) is 0 Å². The molecule has 2 aromatic carbocycles. The summed E-state index contributed by atoms with van der Waals surface area (Å²) in [5, 5.41) is 9.40. The molecule has 30 heavy (non-hydrogen) atoms. The Morgan fingerprint density at radius 1 is 1.10 bits per heavy atom. The fraction of sp³-hybridized carbons (Fsp3) is 0.0909. The van der Waals surface area contributed by atoms with Crippen molar-refractivity contribution in [1.82, 2.24) is 0 Å². The highest BCUT2D eigenvalue weighted by Crippen LogP contribution is 2.27. The summed E-state index contributed by atoms with van der Waals surface area (Å²) in [5.41, 5.74) is 1.11. The first-order valence-corrected chi connectivity index (χ1v) is 11.1. The highest BCUT2D eigenvalue weighted by Gasteiger charge is 2.21. The molecule has 3 rings (SSSR count). The first kappa shape index (κ1) is 21.6. The molecule has 1 heterocycles. The van der Waals surface area contributed by atoms with Crippen LogP contribution in [0.5, 0.6) is 0 Å². The average Bonchev–Trinajstić information content (AvgIpc) is 3.21. The number of halogens is 1. The predicted molar refractivity (Wildman–Crippen MR) is 115 cm³/mol. The number of furan rings is 1. The lowest BCUT2D eigenvalue weighted by Crippen LogP contribution is -2.03. The van der Waals surface area contributed by atoms with Crippen LogP contribution in [0.4, 0.5) is 0 Å². The third-order valence-electron chi connectivity index (χ3n) is 4.10. The van der Waals surface area contributed by atoms with Gasteiger partial charge in [0.25, 0.3) is 0 Å². The molecule has 0 radical (unpaired) electrons. The van der Waals surface area contributed by atoms with Gasteiger partial charge in [-0.2, -0.15) is 5.26 Å². The third-order valence-corrected chi connectivity index (χ3v) is 6.31. The second-order valence-electron chi connectivity index (χ2n) is 6.08. The summed E-state index contributed by atoms with van der Waals surface area (Å²) < 4.78 is 36.8. The fourth-order valence-electron chi connectivity index (χ4n) is 2.61. The average molecular weight is 486 g/mol. The number of hydrogen-bond donors (Lipinski definition) is 0. The molecule has 0 bridgehead atoms. The van der Waals surface area contributed by atoms with Gasteiger partial charge in [0.1, 0.15) is 17.6 Å². The Hall–Kier alpha value is -3.15. The van der Waals surface area contributed by atoms with Crippen molar-refractivity contribution in [3.63, 3.8) is 0 Å². The van der Waals surface area contributed by atoms with Gasteiger partial charge in [-0.3, -0.25) is 0 Å². The molecular formula is C22H16BrNO5S. The number of carbonyl (C=O) groups excluding carboxylic acids is 1. The summed E-state index contributed by atoms with van der Waals surface area (Å²) in [7, 11) is -3.97. The summed E-state index contributed by atoms with van der Waals surface area (Å²) in [6, 6.07) is 17.6. The maximum atomic E-state index is 12.7. The van der Waals surface area contributed by atoms with E-state index >= 15 is 0 Å². The number of esters is 1. The Kier molecular flexibility index (Phi) is 6.55. The molecule has 1 aromatic heterocycles. The Morgan fingerprint density at radius 2 is 1.77 bits per heavy atom. The van der Waals surface area contributed by atoms with Crippen LogP contribution in [0.2, 0.25) is 0 Å². The van der Waals surface area contributed by atoms with Gasteiger partial charge in [0, 0.05) is 16.1 Å². The lowest BCUT2D eigenvalue weighted by molar-refractivity contribution is 0.0526. The van der Waals surface area contributed by atoms with Crippen LogP contribution in [0.3, 0.4) is 0 Å². The molecule has 0 aliphatic heterocycles. The van der Waals surface area contributed by atoms with Crippen molar-refractivity contribution in [3.8, 4) is 17.4 Å². The first-order chi connectivity index (χ1) is 14.3. The number of carbonyl (C=O) groups is 1. The molecule has 0 aliphatic rings. The quantitative estimate of drug-likeness (QED) is 0.350. The molecule has 0 atom stereocenters. The Bertz CT molecular complexity index is 1230. The van der Waals surface area contributed by atoms with Crippen LogP contribution < -0.4 is 0 Å². The molecule has 0 saturated carbocycles. The van der Waals surface area contributed by atoms with E-state index < -0.39 is 20.7 Å². The van der Waals surface area contributed by atoms with Gasteiger partial charge in [-0.1, -0.05) is 28.1 Å². The zero-order chi connectivity index (χ0) is 21.7. The minimum atomic E-state index is -3.97. The van der Waals surface area contributed by atoms with Gasteiger partial charge in [0.2, 0.25) is 9.84 Å². The number of ether oxygens (including phenoxy) is 1. The SMILES string of the molecule is CCOC(=O)c1ccc(-c2ccc(C=C(C#N)S(=O)(=O)c3ccc(Br)cc3)o2)cc1. The topological polar surface area (TPSA) is 97.4 Å². The van der Waals surface area contributed by atoms with Gasteiger partial charge in [0.05, 0.1) is 17.1 Å². The molecule has 0 amide bonds. The number of allylic oxidation sites excluding steroid dienone is 1. The van der Waals surface area contributed by atoms with Crippen LogP contribution in [0.25, 0.3) is 17.4 Å². The highest BCUT2D eigenvalue weighted by atomic mass is 79.9. The maximum Gasteiger partial charge on any atom is 0.338 e. The molecule has 152 valence electrons. The van der Waals surface area contributed by atoms with Gasteiger partial charge in [-0.05, 0) is 55.5 Å². The van der Waals surface area contributed by atoms with E-state index in [1.807, 2.05) is 0 Å². The summed E-state index contributed by atoms with van der Waals surface area (Å²) in [6.45, 7) is 2.02. The first-order valence-electron chi connectivity index (χ1n) is 8.85. The van der Waals surface area contributed by atoms with E-state index in [0.717, 1.165) is 4.47 Å². The third kappa shape index (κ3) is 4.70. The lowest BCUT2D eigenvalue weighted by atomic mass is 10.1. The minimum Gasteiger partial charge on any atom is -0.462 e. The monoisotopic (exact) mass is 485 g/mol. The summed E-state index contributed by atoms with van der Waals surface area (Å²) >= 11 is 3.25. The van der Waals surface area contributed by atoms with Gasteiger partial charge in [-0.25, -0.2) is 13.2 Å². The van der Waals surface area contributed by atoms with Crippen molar-refractivity contribution < 1.29 is 22.4 Å². The molecule has 0 unspecified atom stereocenters. The lowest BCUT2D eigenvalue weighted by Gasteiger charge is -2.03. The molecular weight excluding hydrogens is 470 g/mol. The molecule has 0 aliphatic carbocycles. The van der Waals surface area contributed by atoms with Crippen LogP contribution in [0.1, 0.15) is 23.0 Å².